The van der Waals surface area contributed by atoms with E-state index in [1.54, 1.807) is 28.2 Å². The summed E-state index contributed by atoms with van der Waals surface area (Å²) < 4.78 is 13.0. The summed E-state index contributed by atoms with van der Waals surface area (Å²) in [6.45, 7) is 3.44. The zero-order chi connectivity index (χ0) is 29.4. The van der Waals surface area contributed by atoms with Gasteiger partial charge in [-0.3, -0.25) is 19.3 Å². The highest BCUT2D eigenvalue weighted by Gasteiger charge is 2.57. The minimum absolute atomic E-state index is 0.0177. The van der Waals surface area contributed by atoms with Gasteiger partial charge in [-0.1, -0.05) is 6.07 Å². The summed E-state index contributed by atoms with van der Waals surface area (Å²) in [6.07, 6.45) is 6.45. The molecule has 0 bridgehead atoms. The van der Waals surface area contributed by atoms with Crippen molar-refractivity contribution in [1.29, 1.82) is 5.26 Å². The molecule has 5 aliphatic rings. The van der Waals surface area contributed by atoms with Crippen molar-refractivity contribution in [1.82, 2.24) is 20.0 Å². The Labute approximate surface area is 248 Å². The number of anilines is 1. The molecule has 5 atom stereocenters. The Bertz CT molecular complexity index is 1680. The number of nitrogens with one attached hydrogen (secondary N) is 1. The predicted molar refractivity (Wildman–Crippen MR) is 154 cm³/mol. The van der Waals surface area contributed by atoms with E-state index in [0.29, 0.717) is 54.8 Å². The van der Waals surface area contributed by atoms with E-state index in [0.717, 1.165) is 43.1 Å². The molecule has 11 nitrogen and oxygen atoms in total. The van der Waals surface area contributed by atoms with E-state index in [-0.39, 0.29) is 35.7 Å². The molecule has 222 valence electrons. The predicted octanol–water partition coefficient (Wildman–Crippen LogP) is 3.77. The number of likely N-dealkylation sites (tertiary alicyclic amines) is 1. The van der Waals surface area contributed by atoms with E-state index < -0.39 is 18.0 Å². The van der Waals surface area contributed by atoms with Crippen LogP contribution in [-0.2, 0) is 9.53 Å². The fourth-order valence-corrected chi connectivity index (χ4v) is 7.68. The number of amides is 3. The smallest absolute Gasteiger partial charge is 0.276 e. The van der Waals surface area contributed by atoms with Gasteiger partial charge >= 0.3 is 0 Å². The normalized spacial score (nSPS) is 28.5. The topological polar surface area (TPSA) is 134 Å². The average Bonchev–Trinajstić information content (AvgIpc) is 3.88. The molecule has 43 heavy (non-hydrogen) atoms. The number of rotatable bonds is 6. The van der Waals surface area contributed by atoms with Gasteiger partial charge in [0.25, 0.3) is 17.7 Å². The summed E-state index contributed by atoms with van der Waals surface area (Å²) in [6, 6.07) is 8.15. The van der Waals surface area contributed by atoms with E-state index in [4.69, 9.17) is 14.3 Å². The highest BCUT2D eigenvalue weighted by atomic mass is 16.5. The Kier molecular flexibility index (Phi) is 6.12. The molecule has 0 radical (unpaired) electrons. The molecule has 3 amide bonds. The van der Waals surface area contributed by atoms with Crippen LogP contribution in [-0.4, -0.2) is 70.3 Å². The van der Waals surface area contributed by atoms with Crippen LogP contribution in [0.25, 0.3) is 11.0 Å². The number of nitrogens with zero attached hydrogens (tertiary/aromatic N) is 5. The van der Waals surface area contributed by atoms with E-state index in [9.17, 15) is 19.6 Å². The van der Waals surface area contributed by atoms with Crippen LogP contribution in [0, 0.1) is 23.2 Å². The number of aromatic nitrogens is 2. The van der Waals surface area contributed by atoms with Crippen molar-refractivity contribution in [2.24, 2.45) is 11.8 Å². The SMILES string of the molecule is CCN1C(=O)[C@@H](NC(=O)c2ccc3ccoc3c2)[C@@H](C2CC2)c2c(C(=O)N3[C@H](C#N)C[C@H]4C[C@H]43)nn(C3CCOCC3)c21. The van der Waals surface area contributed by atoms with Crippen LogP contribution in [0.4, 0.5) is 5.82 Å². The molecular formula is C32H34N6O5. The number of hydrogen-bond acceptors (Lipinski definition) is 7. The van der Waals surface area contributed by atoms with Crippen molar-refractivity contribution in [3.63, 3.8) is 0 Å². The number of fused-ring (bicyclic) bond motifs is 3. The average molecular weight is 583 g/mol. The summed E-state index contributed by atoms with van der Waals surface area (Å²) in [4.78, 5) is 45.8. The maximum atomic E-state index is 14.4. The lowest BCUT2D eigenvalue weighted by Crippen LogP contribution is -2.56. The summed E-state index contributed by atoms with van der Waals surface area (Å²) in [5.74, 6) is -0.00952. The second-order valence-corrected chi connectivity index (χ2v) is 12.6. The molecule has 0 unspecified atom stereocenters. The number of likely N-dealkylation sites (N-methyl/N-ethyl adjacent to an activating group) is 1. The van der Waals surface area contributed by atoms with E-state index >= 15 is 0 Å². The number of nitriles is 1. The second kappa shape index (κ2) is 9.95. The molecule has 2 saturated carbocycles. The van der Waals surface area contributed by atoms with Gasteiger partial charge in [-0.05, 0) is 75.5 Å². The van der Waals surface area contributed by atoms with Gasteiger partial charge in [0.05, 0.1) is 18.4 Å². The van der Waals surface area contributed by atoms with Gasteiger partial charge < -0.3 is 19.4 Å². The zero-order valence-corrected chi connectivity index (χ0v) is 24.1. The van der Waals surface area contributed by atoms with Gasteiger partial charge in [0.15, 0.2) is 5.69 Å². The van der Waals surface area contributed by atoms with Crippen LogP contribution in [0.5, 0.6) is 0 Å². The number of benzene rings is 1. The van der Waals surface area contributed by atoms with Crippen LogP contribution in [0.3, 0.4) is 0 Å². The minimum atomic E-state index is -0.849. The number of carbonyl (C=O) groups excluding carboxylic acids is 3. The summed E-state index contributed by atoms with van der Waals surface area (Å²) >= 11 is 0. The number of ether oxygens (including phenoxy) is 1. The first-order valence-electron chi connectivity index (χ1n) is 15.5. The monoisotopic (exact) mass is 582 g/mol. The van der Waals surface area contributed by atoms with Crippen LogP contribution in [0.2, 0.25) is 0 Å². The first-order valence-corrected chi connectivity index (χ1v) is 15.5. The first-order chi connectivity index (χ1) is 21.0. The molecule has 0 spiro atoms. The second-order valence-electron chi connectivity index (χ2n) is 12.6. The molecule has 5 heterocycles. The lowest BCUT2D eigenvalue weighted by molar-refractivity contribution is -0.121. The first kappa shape index (κ1) is 26.5. The van der Waals surface area contributed by atoms with Gasteiger partial charge in [0.2, 0.25) is 0 Å². The largest absolute Gasteiger partial charge is 0.464 e. The van der Waals surface area contributed by atoms with Crippen molar-refractivity contribution < 1.29 is 23.5 Å². The number of furan rings is 1. The van der Waals surface area contributed by atoms with Crippen LogP contribution < -0.4 is 10.2 Å². The molecule has 3 aliphatic heterocycles. The van der Waals surface area contributed by atoms with Crippen LogP contribution in [0.1, 0.15) is 83.8 Å². The Morgan fingerprint density at radius 2 is 1.93 bits per heavy atom. The summed E-state index contributed by atoms with van der Waals surface area (Å²) in [7, 11) is 0. The van der Waals surface area contributed by atoms with Gasteiger partial charge in [0, 0.05) is 48.2 Å². The lowest BCUT2D eigenvalue weighted by atomic mass is 9.82. The van der Waals surface area contributed by atoms with E-state index in [1.165, 1.54) is 0 Å². The Balaban J connectivity index is 1.24. The van der Waals surface area contributed by atoms with Gasteiger partial charge in [0.1, 0.15) is 23.5 Å². The van der Waals surface area contributed by atoms with E-state index in [2.05, 4.69) is 11.4 Å². The number of carbonyl (C=O) groups is 3. The lowest BCUT2D eigenvalue weighted by Gasteiger charge is -2.39. The maximum absolute atomic E-state index is 14.4. The number of hydrogen-bond donors (Lipinski definition) is 1. The molecular weight excluding hydrogens is 548 g/mol. The molecule has 3 aromatic rings. The third-order valence-electron chi connectivity index (χ3n) is 10.1. The van der Waals surface area contributed by atoms with Crippen molar-refractivity contribution >= 4 is 34.5 Å². The van der Waals surface area contributed by atoms with Crippen molar-refractivity contribution in [3.8, 4) is 6.07 Å². The molecule has 1 aromatic carbocycles. The summed E-state index contributed by atoms with van der Waals surface area (Å²) in [5.41, 5.74) is 2.07. The minimum Gasteiger partial charge on any atom is -0.464 e. The highest BCUT2D eigenvalue weighted by Crippen LogP contribution is 2.53. The Morgan fingerprint density at radius 1 is 1.12 bits per heavy atom. The molecule has 2 saturated heterocycles. The van der Waals surface area contributed by atoms with Gasteiger partial charge in [-0.2, -0.15) is 10.4 Å². The molecule has 11 heteroatoms. The van der Waals surface area contributed by atoms with Crippen molar-refractivity contribution in [2.45, 2.75) is 75.5 Å². The zero-order valence-electron chi connectivity index (χ0n) is 24.1. The molecule has 2 aromatic heterocycles. The van der Waals surface area contributed by atoms with Gasteiger partial charge in [-0.15, -0.1) is 0 Å². The Morgan fingerprint density at radius 3 is 2.67 bits per heavy atom. The van der Waals surface area contributed by atoms with Gasteiger partial charge in [-0.25, -0.2) is 4.68 Å². The Hall–Kier alpha value is -4.17. The van der Waals surface area contributed by atoms with E-state index in [1.807, 2.05) is 23.7 Å². The van der Waals surface area contributed by atoms with Crippen LogP contribution >= 0.6 is 0 Å². The van der Waals surface area contributed by atoms with Crippen LogP contribution in [0.15, 0.2) is 34.9 Å². The molecule has 4 fully saturated rings. The fraction of sp³-hybridized carbons (Fsp3) is 0.531. The molecule has 1 N–H and O–H groups in total. The molecule has 8 rings (SSSR count). The quantitative estimate of drug-likeness (QED) is 0.468. The van der Waals surface area contributed by atoms with Crippen molar-refractivity contribution in [3.05, 3.63) is 47.3 Å². The third-order valence-corrected chi connectivity index (χ3v) is 10.1. The fourth-order valence-electron chi connectivity index (χ4n) is 7.68. The maximum Gasteiger partial charge on any atom is 0.276 e. The third kappa shape index (κ3) is 4.18. The standard InChI is InChI=1S/C32H34N6O5/c1-2-36-30-26(25(18-4-5-18)27(31(36)40)34-29(39)19-6-3-17-7-12-43-24(17)15-19)28(35-38(30)21-8-10-42-11-9-21)32(41)37-22(16-33)13-20-14-23(20)37/h3,6-7,12,15,18,20-23,25,27H,2,4-5,8-11,13-14H2,1H3,(H,34,39)/t20-,22-,23+,25-,27-/m0/s1. The molecule has 2 aliphatic carbocycles. The summed E-state index contributed by atoms with van der Waals surface area (Å²) in [5, 5.41) is 18.9. The highest BCUT2D eigenvalue weighted by molar-refractivity contribution is 6.07. The number of piperidine rings is 1. The van der Waals surface area contributed by atoms with Crippen molar-refractivity contribution in [2.75, 3.05) is 24.7 Å².